The van der Waals surface area contributed by atoms with Crippen molar-refractivity contribution in [1.82, 2.24) is 5.43 Å². The molecule has 1 N–H and O–H groups in total. The van der Waals surface area contributed by atoms with Gasteiger partial charge in [-0.25, -0.2) is 13.8 Å². The number of benzene rings is 1. The molecule has 1 amide bonds. The molecule has 2 rings (SSSR count). The number of carbonyl (C=O) groups excluding carboxylic acids is 1. The van der Waals surface area contributed by atoms with E-state index in [0.717, 1.165) is 42.0 Å². The van der Waals surface area contributed by atoms with Gasteiger partial charge in [-0.15, -0.1) is 0 Å². The van der Waals surface area contributed by atoms with Gasteiger partial charge < -0.3 is 0 Å². The topological polar surface area (TPSA) is 78.8 Å². The first-order chi connectivity index (χ1) is 10.5. The number of carbonyl (C=O) groups is 1. The first-order valence-corrected chi connectivity index (χ1v) is 9.18. The van der Waals surface area contributed by atoms with Gasteiger partial charge in [0.15, 0.2) is 0 Å². The summed E-state index contributed by atoms with van der Waals surface area (Å²) in [7, 11) is -3.53. The highest BCUT2D eigenvalue weighted by molar-refractivity contribution is 7.92. The van der Waals surface area contributed by atoms with Crippen LogP contribution < -0.4 is 9.73 Å². The van der Waals surface area contributed by atoms with Crippen molar-refractivity contribution in [2.45, 2.75) is 32.1 Å². The van der Waals surface area contributed by atoms with Gasteiger partial charge in [-0.2, -0.15) is 5.10 Å². The predicted octanol–water partition coefficient (Wildman–Crippen LogP) is 1.89. The lowest BCUT2D eigenvalue weighted by Crippen LogP contribution is -2.39. The lowest BCUT2D eigenvalue weighted by atomic mass is 9.99. The molecule has 0 unspecified atom stereocenters. The molecule has 0 atom stereocenters. The maximum atomic E-state index is 12.0. The molecule has 120 valence electrons. The summed E-state index contributed by atoms with van der Waals surface area (Å²) in [5.74, 6) is -0.438. The highest BCUT2D eigenvalue weighted by atomic mass is 32.2. The zero-order valence-corrected chi connectivity index (χ0v) is 13.5. The summed E-state index contributed by atoms with van der Waals surface area (Å²) in [4.78, 5) is 12.0. The molecule has 1 aliphatic rings. The van der Waals surface area contributed by atoms with Crippen molar-refractivity contribution in [1.29, 1.82) is 0 Å². The molecule has 0 saturated heterocycles. The van der Waals surface area contributed by atoms with E-state index < -0.39 is 15.9 Å². The fraction of sp³-hybridized carbons (Fsp3) is 0.467. The normalized spacial score (nSPS) is 15.2. The number of nitrogens with one attached hydrogen (secondary N) is 1. The van der Waals surface area contributed by atoms with Gasteiger partial charge in [0, 0.05) is 5.71 Å². The van der Waals surface area contributed by atoms with E-state index in [1.165, 1.54) is 6.42 Å². The lowest BCUT2D eigenvalue weighted by molar-refractivity contribution is -0.119. The SMILES string of the molecule is CS(=O)(=O)N(CC(=O)NN=C1CCCCC1)c1ccccc1. The number of anilines is 1. The Morgan fingerprint density at radius 1 is 1.18 bits per heavy atom. The van der Waals surface area contributed by atoms with Crippen LogP contribution in [0, 0.1) is 0 Å². The molecule has 22 heavy (non-hydrogen) atoms. The average molecular weight is 323 g/mol. The number of hydrogen-bond donors (Lipinski definition) is 1. The molecule has 1 aliphatic carbocycles. The van der Waals surface area contributed by atoms with Crippen LogP contribution in [-0.4, -0.2) is 32.8 Å². The molecular weight excluding hydrogens is 302 g/mol. The van der Waals surface area contributed by atoms with E-state index in [0.29, 0.717) is 5.69 Å². The predicted molar refractivity (Wildman–Crippen MR) is 87.3 cm³/mol. The van der Waals surface area contributed by atoms with Crippen molar-refractivity contribution in [3.63, 3.8) is 0 Å². The van der Waals surface area contributed by atoms with Crippen molar-refractivity contribution in [3.8, 4) is 0 Å². The summed E-state index contributed by atoms with van der Waals surface area (Å²) in [6.07, 6.45) is 6.26. The van der Waals surface area contributed by atoms with Crippen LogP contribution in [0.2, 0.25) is 0 Å². The van der Waals surface area contributed by atoms with Crippen LogP contribution in [0.1, 0.15) is 32.1 Å². The van der Waals surface area contributed by atoms with Crippen molar-refractivity contribution in [2.24, 2.45) is 5.10 Å². The average Bonchev–Trinajstić information content (AvgIpc) is 2.51. The number of hydrazone groups is 1. The molecule has 6 nitrogen and oxygen atoms in total. The highest BCUT2D eigenvalue weighted by Gasteiger charge is 2.20. The third-order valence-corrected chi connectivity index (χ3v) is 4.64. The fourth-order valence-corrected chi connectivity index (χ4v) is 3.23. The molecule has 1 fully saturated rings. The Morgan fingerprint density at radius 3 is 2.41 bits per heavy atom. The van der Waals surface area contributed by atoms with E-state index in [4.69, 9.17) is 0 Å². The van der Waals surface area contributed by atoms with E-state index in [1.54, 1.807) is 30.3 Å². The van der Waals surface area contributed by atoms with Gasteiger partial charge in [0.2, 0.25) is 10.0 Å². The molecule has 0 heterocycles. The summed E-state index contributed by atoms with van der Waals surface area (Å²) < 4.78 is 24.8. The van der Waals surface area contributed by atoms with Crippen molar-refractivity contribution >= 4 is 27.3 Å². The standard InChI is InChI=1S/C15H21N3O3S/c1-22(20,21)18(14-10-6-3-7-11-14)12-15(19)17-16-13-8-4-2-5-9-13/h3,6-7,10-11H,2,4-5,8-9,12H2,1H3,(H,17,19). The minimum atomic E-state index is -3.53. The maximum absolute atomic E-state index is 12.0. The minimum absolute atomic E-state index is 0.278. The molecule has 0 radical (unpaired) electrons. The van der Waals surface area contributed by atoms with Crippen LogP contribution in [0.4, 0.5) is 5.69 Å². The Labute approximate surface area is 131 Å². The van der Waals surface area contributed by atoms with E-state index in [2.05, 4.69) is 10.5 Å². The summed E-state index contributed by atoms with van der Waals surface area (Å²) in [5, 5.41) is 4.11. The van der Waals surface area contributed by atoms with Crippen LogP contribution >= 0.6 is 0 Å². The molecule has 1 aromatic rings. The first-order valence-electron chi connectivity index (χ1n) is 7.34. The number of rotatable bonds is 5. The molecule has 1 aromatic carbocycles. The van der Waals surface area contributed by atoms with Gasteiger partial charge in [-0.1, -0.05) is 24.6 Å². The maximum Gasteiger partial charge on any atom is 0.260 e. The second-order valence-electron chi connectivity index (χ2n) is 5.38. The smallest absolute Gasteiger partial charge is 0.260 e. The van der Waals surface area contributed by atoms with Crippen LogP contribution in [0.3, 0.4) is 0 Å². The van der Waals surface area contributed by atoms with Gasteiger partial charge in [-0.3, -0.25) is 9.10 Å². The second-order valence-corrected chi connectivity index (χ2v) is 7.29. The number of hydrogen-bond acceptors (Lipinski definition) is 4. The van der Waals surface area contributed by atoms with Gasteiger partial charge in [0.1, 0.15) is 6.54 Å². The van der Waals surface area contributed by atoms with Crippen LogP contribution in [0.25, 0.3) is 0 Å². The number of amides is 1. The number of para-hydroxylation sites is 1. The zero-order valence-electron chi connectivity index (χ0n) is 12.7. The summed E-state index contributed by atoms with van der Waals surface area (Å²) >= 11 is 0. The second kappa shape index (κ2) is 7.40. The number of nitrogens with zero attached hydrogens (tertiary/aromatic N) is 2. The van der Waals surface area contributed by atoms with E-state index in [-0.39, 0.29) is 6.54 Å². The van der Waals surface area contributed by atoms with E-state index >= 15 is 0 Å². The highest BCUT2D eigenvalue weighted by Crippen LogP contribution is 2.16. The van der Waals surface area contributed by atoms with E-state index in [9.17, 15) is 13.2 Å². The largest absolute Gasteiger partial charge is 0.271 e. The lowest BCUT2D eigenvalue weighted by Gasteiger charge is -2.21. The van der Waals surface area contributed by atoms with Crippen LogP contribution in [0.5, 0.6) is 0 Å². The first kappa shape index (κ1) is 16.5. The minimum Gasteiger partial charge on any atom is -0.271 e. The Morgan fingerprint density at radius 2 is 1.82 bits per heavy atom. The number of sulfonamides is 1. The van der Waals surface area contributed by atoms with Gasteiger partial charge in [0.25, 0.3) is 5.91 Å². The molecule has 0 bridgehead atoms. The van der Waals surface area contributed by atoms with Crippen molar-refractivity contribution in [3.05, 3.63) is 30.3 Å². The molecule has 0 aromatic heterocycles. The Kier molecular flexibility index (Phi) is 5.54. The zero-order chi connectivity index (χ0) is 16.0. The van der Waals surface area contributed by atoms with Crippen LogP contribution in [0.15, 0.2) is 35.4 Å². The van der Waals surface area contributed by atoms with Gasteiger partial charge in [0.05, 0.1) is 11.9 Å². The molecule has 7 heteroatoms. The van der Waals surface area contributed by atoms with Crippen molar-refractivity contribution < 1.29 is 13.2 Å². The Balaban J connectivity index is 2.03. The Bertz CT molecular complexity index is 633. The molecule has 1 saturated carbocycles. The molecule has 0 aliphatic heterocycles. The fourth-order valence-electron chi connectivity index (χ4n) is 2.37. The quantitative estimate of drug-likeness (QED) is 0.840. The molecular formula is C15H21N3O3S. The third kappa shape index (κ3) is 4.84. The summed E-state index contributed by atoms with van der Waals surface area (Å²) in [5.41, 5.74) is 3.91. The van der Waals surface area contributed by atoms with E-state index in [1.807, 2.05) is 0 Å². The monoisotopic (exact) mass is 323 g/mol. The van der Waals surface area contributed by atoms with Gasteiger partial charge in [-0.05, 0) is 37.8 Å². The third-order valence-electron chi connectivity index (χ3n) is 3.50. The van der Waals surface area contributed by atoms with Crippen LogP contribution in [-0.2, 0) is 14.8 Å². The summed E-state index contributed by atoms with van der Waals surface area (Å²) in [6.45, 7) is -0.278. The van der Waals surface area contributed by atoms with Crippen molar-refractivity contribution in [2.75, 3.05) is 17.1 Å². The molecule has 0 spiro atoms. The summed E-state index contributed by atoms with van der Waals surface area (Å²) in [6, 6.07) is 8.56. The Hall–Kier alpha value is -1.89. The van der Waals surface area contributed by atoms with Gasteiger partial charge >= 0.3 is 0 Å².